The van der Waals surface area contributed by atoms with Gasteiger partial charge in [-0.3, -0.25) is 0 Å². The topological polar surface area (TPSA) is 18.5 Å². The van der Waals surface area contributed by atoms with Gasteiger partial charge in [0.05, 0.1) is 12.2 Å². The Hall–Kier alpha value is -0.803. The summed E-state index contributed by atoms with van der Waals surface area (Å²) in [7, 11) is 0.828. The van der Waals surface area contributed by atoms with E-state index in [1.807, 2.05) is 30.3 Å². The van der Waals surface area contributed by atoms with Gasteiger partial charge in [0.1, 0.15) is 16.2 Å². The summed E-state index contributed by atoms with van der Waals surface area (Å²) in [6.45, 7) is 5.26. The Kier molecular flexibility index (Phi) is 7.83. The van der Waals surface area contributed by atoms with Crippen LogP contribution < -0.4 is 4.74 Å². The number of ether oxygens (including phenoxy) is 1. The van der Waals surface area contributed by atoms with Crippen molar-refractivity contribution in [1.29, 1.82) is 0 Å². The number of hydrogen-bond donors (Lipinski definition) is 0. The average Bonchev–Trinajstić information content (AvgIpc) is 2.45. The van der Waals surface area contributed by atoms with E-state index in [1.165, 1.54) is 25.7 Å². The summed E-state index contributed by atoms with van der Waals surface area (Å²) in [6, 6.07) is 10.0. The Balaban J connectivity index is 2.35. The summed E-state index contributed by atoms with van der Waals surface area (Å²) in [6.07, 6.45) is 6.93. The largest absolute Gasteiger partial charge is 0.494 e. The van der Waals surface area contributed by atoms with Crippen molar-refractivity contribution in [2.75, 3.05) is 6.61 Å². The van der Waals surface area contributed by atoms with Crippen molar-refractivity contribution >= 4 is 10.5 Å². The predicted molar refractivity (Wildman–Crippen MR) is 84.7 cm³/mol. The normalized spacial score (nSPS) is 11.7. The molecule has 0 heterocycles. The third kappa shape index (κ3) is 5.79. The second-order valence-corrected chi connectivity index (χ2v) is 5.56. The van der Waals surface area contributed by atoms with Crippen LogP contribution in [-0.4, -0.2) is 22.7 Å². The Morgan fingerprint density at radius 1 is 1.00 bits per heavy atom. The molecule has 3 heteroatoms. The second kappa shape index (κ2) is 9.16. The first-order valence-electron chi connectivity index (χ1n) is 7.49. The minimum Gasteiger partial charge on any atom is -0.494 e. The van der Waals surface area contributed by atoms with Crippen molar-refractivity contribution in [3.05, 3.63) is 30.3 Å². The molecule has 0 atom stereocenters. The number of para-hydroxylation sites is 1. The van der Waals surface area contributed by atoms with Gasteiger partial charge >= 0.3 is 0 Å². The molecule has 0 saturated carbocycles. The molecule has 1 aromatic carbocycles. The lowest BCUT2D eigenvalue weighted by molar-refractivity contribution is 0.0431. The molecule has 0 bridgehead atoms. The molecule has 0 unspecified atom stereocenters. The van der Waals surface area contributed by atoms with Gasteiger partial charge in [-0.2, -0.15) is 0 Å². The number of rotatable bonds is 10. The fourth-order valence-corrected chi connectivity index (χ4v) is 3.31. The maximum Gasteiger partial charge on any atom is 0.146 e. The van der Waals surface area contributed by atoms with Crippen molar-refractivity contribution < 1.29 is 9.16 Å². The summed E-state index contributed by atoms with van der Waals surface area (Å²) >= 11 is 0. The average molecular weight is 280 g/mol. The Morgan fingerprint density at radius 3 is 2.16 bits per heavy atom. The molecule has 108 valence electrons. The molecule has 0 fully saturated rings. The molecule has 0 aliphatic rings. The van der Waals surface area contributed by atoms with Gasteiger partial charge in [0.15, 0.2) is 0 Å². The van der Waals surface area contributed by atoms with Gasteiger partial charge in [0.2, 0.25) is 0 Å². The molecule has 1 aromatic rings. The van der Waals surface area contributed by atoms with Crippen LogP contribution in [0, 0.1) is 0 Å². The molecule has 0 radical (unpaired) electrons. The summed E-state index contributed by atoms with van der Waals surface area (Å²) in [5.41, 5.74) is 0.121. The van der Waals surface area contributed by atoms with Crippen LogP contribution in [0.5, 0.6) is 5.75 Å². The van der Waals surface area contributed by atoms with Gasteiger partial charge in [-0.05, 0) is 37.8 Å². The van der Waals surface area contributed by atoms with Gasteiger partial charge in [0.25, 0.3) is 0 Å². The summed E-state index contributed by atoms with van der Waals surface area (Å²) in [5, 5.41) is 0. The first-order chi connectivity index (χ1) is 9.26. The Labute approximate surface area is 121 Å². The molecule has 0 aliphatic carbocycles. The summed E-state index contributed by atoms with van der Waals surface area (Å²) < 4.78 is 11.7. The van der Waals surface area contributed by atoms with E-state index in [0.717, 1.165) is 35.7 Å². The van der Waals surface area contributed by atoms with Crippen LogP contribution in [0.4, 0.5) is 0 Å². The highest BCUT2D eigenvalue weighted by molar-refractivity contribution is 5.98. The first-order valence-corrected chi connectivity index (χ1v) is 8.31. The van der Waals surface area contributed by atoms with Crippen LogP contribution in [0.2, 0.25) is 0 Å². The maximum absolute atomic E-state index is 5.95. The van der Waals surface area contributed by atoms with E-state index in [4.69, 9.17) is 9.16 Å². The third-order valence-corrected chi connectivity index (χ3v) is 4.50. The number of hydrogen-bond acceptors (Lipinski definition) is 2. The van der Waals surface area contributed by atoms with Crippen LogP contribution in [0.3, 0.4) is 0 Å². The fraction of sp³-hybridized carbons (Fsp3) is 0.625. The molecule has 1 rings (SSSR count). The molecule has 0 amide bonds. The smallest absolute Gasteiger partial charge is 0.146 e. The highest BCUT2D eigenvalue weighted by atomic mass is 28.2. The van der Waals surface area contributed by atoms with Crippen LogP contribution in [0.1, 0.15) is 52.4 Å². The summed E-state index contributed by atoms with van der Waals surface area (Å²) in [5.74, 6) is 0.964. The predicted octanol–water partition coefficient (Wildman–Crippen LogP) is 3.48. The fourth-order valence-electron chi connectivity index (χ4n) is 2.69. The lowest BCUT2D eigenvalue weighted by Gasteiger charge is -2.33. The Morgan fingerprint density at radius 2 is 1.63 bits per heavy atom. The van der Waals surface area contributed by atoms with Crippen molar-refractivity contribution in [3.63, 3.8) is 0 Å². The van der Waals surface area contributed by atoms with Gasteiger partial charge in [-0.15, -0.1) is 0 Å². The lowest BCUT2D eigenvalue weighted by Crippen LogP contribution is -2.32. The summed E-state index contributed by atoms with van der Waals surface area (Å²) in [4.78, 5) is 0. The molecule has 19 heavy (non-hydrogen) atoms. The second-order valence-electron chi connectivity index (χ2n) is 5.15. The molecular weight excluding hydrogens is 252 g/mol. The highest BCUT2D eigenvalue weighted by Gasteiger charge is 2.26. The molecule has 0 aromatic heterocycles. The molecule has 0 spiro atoms. The monoisotopic (exact) mass is 280 g/mol. The van der Waals surface area contributed by atoms with Crippen LogP contribution in [0.15, 0.2) is 30.3 Å². The van der Waals surface area contributed by atoms with Gasteiger partial charge in [-0.25, -0.2) is 0 Å². The van der Waals surface area contributed by atoms with Gasteiger partial charge < -0.3 is 9.16 Å². The molecule has 0 aliphatic heterocycles. The van der Waals surface area contributed by atoms with Crippen molar-refractivity contribution in [2.24, 2.45) is 0 Å². The van der Waals surface area contributed by atoms with E-state index in [2.05, 4.69) is 13.8 Å². The quantitative estimate of drug-likeness (QED) is 0.482. The molecule has 0 N–H and O–H groups in total. The molecule has 0 saturated heterocycles. The zero-order valence-electron chi connectivity index (χ0n) is 12.7. The number of benzene rings is 1. The minimum absolute atomic E-state index is 0.121. The van der Waals surface area contributed by atoms with E-state index in [0.29, 0.717) is 0 Å². The first kappa shape index (κ1) is 16.3. The van der Waals surface area contributed by atoms with E-state index >= 15 is 0 Å². The third-order valence-electron chi connectivity index (χ3n) is 3.63. The van der Waals surface area contributed by atoms with Crippen molar-refractivity contribution in [2.45, 2.75) is 58.0 Å². The van der Waals surface area contributed by atoms with Crippen LogP contribution in [0.25, 0.3) is 0 Å². The SMILES string of the molecule is CCCC(CCC)(CCCOc1ccccc1)O[SiH3]. The van der Waals surface area contributed by atoms with Crippen LogP contribution >= 0.6 is 0 Å². The van der Waals surface area contributed by atoms with Crippen molar-refractivity contribution in [3.8, 4) is 5.75 Å². The zero-order valence-corrected chi connectivity index (χ0v) is 14.7. The maximum atomic E-state index is 5.95. The van der Waals surface area contributed by atoms with Gasteiger partial charge in [-0.1, -0.05) is 44.9 Å². The zero-order chi connectivity index (χ0) is 14.0. The minimum atomic E-state index is 0.121. The van der Waals surface area contributed by atoms with E-state index < -0.39 is 0 Å². The molecular formula is C16H28O2Si. The molecule has 2 nitrogen and oxygen atoms in total. The van der Waals surface area contributed by atoms with Gasteiger partial charge in [0, 0.05) is 0 Å². The standard InChI is InChI=1S/C16H28O2Si/c1-3-11-16(18-19,12-4-2)13-8-14-17-15-9-6-5-7-10-15/h5-7,9-10H,3-4,8,11-14H2,1-2,19H3. The van der Waals surface area contributed by atoms with E-state index in [-0.39, 0.29) is 5.60 Å². The van der Waals surface area contributed by atoms with Crippen LogP contribution in [-0.2, 0) is 4.43 Å². The van der Waals surface area contributed by atoms with E-state index in [9.17, 15) is 0 Å². The Bertz CT molecular complexity index is 321. The highest BCUT2D eigenvalue weighted by Crippen LogP contribution is 2.28. The van der Waals surface area contributed by atoms with E-state index in [1.54, 1.807) is 0 Å². The lowest BCUT2D eigenvalue weighted by atomic mass is 9.88. The van der Waals surface area contributed by atoms with Crippen molar-refractivity contribution in [1.82, 2.24) is 0 Å².